The predicted molar refractivity (Wildman–Crippen MR) is 175 cm³/mol. The van der Waals surface area contributed by atoms with Crippen molar-refractivity contribution in [3.63, 3.8) is 0 Å². The van der Waals surface area contributed by atoms with E-state index in [1.165, 1.54) is 44.4 Å². The van der Waals surface area contributed by atoms with Crippen LogP contribution in [0.4, 0.5) is 0 Å². The Balaban J connectivity index is 1.35. The average Bonchev–Trinajstić information content (AvgIpc) is 3.01. The molecule has 0 fully saturated rings. The molecule has 0 saturated carbocycles. The second kappa shape index (κ2) is 9.53. The normalized spacial score (nSPS) is 12.5. The first-order valence-corrected chi connectivity index (χ1v) is 14.5. The third-order valence-electron chi connectivity index (χ3n) is 8.85. The average molecular weight is 540 g/mol. The molecule has 0 atom stereocenters. The van der Waals surface area contributed by atoms with Crippen LogP contribution in [0.25, 0.3) is 33.4 Å². The summed E-state index contributed by atoms with van der Waals surface area (Å²) >= 11 is 0. The molecule has 0 aliphatic carbocycles. The molecule has 2 aliphatic heterocycles. The minimum absolute atomic E-state index is 0.00306. The van der Waals surface area contributed by atoms with Crippen LogP contribution >= 0.6 is 0 Å². The Morgan fingerprint density at radius 3 is 1.48 bits per heavy atom. The lowest BCUT2D eigenvalue weighted by Crippen LogP contribution is -2.57. The molecule has 0 amide bonds. The summed E-state index contributed by atoms with van der Waals surface area (Å²) in [6.07, 6.45) is 0. The van der Waals surface area contributed by atoms with Gasteiger partial charge in [0.1, 0.15) is 23.0 Å². The Hall–Kier alpha value is -5.02. The molecular formula is C39H29BO2. The minimum atomic E-state index is 0.00306. The Bertz CT molecular complexity index is 2040. The maximum atomic E-state index is 6.80. The summed E-state index contributed by atoms with van der Waals surface area (Å²) in [5.74, 6) is 3.52. The molecule has 200 valence electrons. The van der Waals surface area contributed by atoms with Crippen LogP contribution in [0.2, 0.25) is 0 Å². The smallest absolute Gasteiger partial charge is 0.260 e. The number of fused-ring (bicyclic) bond motifs is 4. The van der Waals surface area contributed by atoms with Crippen LogP contribution in [0.3, 0.4) is 0 Å². The van der Waals surface area contributed by atoms with E-state index >= 15 is 0 Å². The molecule has 0 radical (unpaired) electrons. The van der Waals surface area contributed by atoms with Gasteiger partial charge in [0.2, 0.25) is 0 Å². The van der Waals surface area contributed by atoms with E-state index in [-0.39, 0.29) is 6.71 Å². The van der Waals surface area contributed by atoms with Crippen molar-refractivity contribution in [3.8, 4) is 56.4 Å². The molecule has 0 aromatic heterocycles. The third-order valence-corrected chi connectivity index (χ3v) is 8.85. The molecule has 2 heterocycles. The highest BCUT2D eigenvalue weighted by Crippen LogP contribution is 2.40. The van der Waals surface area contributed by atoms with Crippen molar-refractivity contribution in [3.05, 3.63) is 138 Å². The van der Waals surface area contributed by atoms with Crippen LogP contribution in [0.5, 0.6) is 23.0 Å². The van der Waals surface area contributed by atoms with Gasteiger partial charge in [0, 0.05) is 5.46 Å². The van der Waals surface area contributed by atoms with E-state index in [9.17, 15) is 0 Å². The highest BCUT2D eigenvalue weighted by Gasteiger charge is 2.40. The van der Waals surface area contributed by atoms with Crippen molar-refractivity contribution in [2.24, 2.45) is 0 Å². The van der Waals surface area contributed by atoms with Gasteiger partial charge in [-0.3, -0.25) is 0 Å². The highest BCUT2D eigenvalue weighted by atomic mass is 16.5. The van der Waals surface area contributed by atoms with Gasteiger partial charge in [0.15, 0.2) is 0 Å². The maximum absolute atomic E-state index is 6.80. The van der Waals surface area contributed by atoms with Gasteiger partial charge in [0.25, 0.3) is 6.71 Å². The van der Waals surface area contributed by atoms with Gasteiger partial charge in [-0.05, 0) is 106 Å². The summed E-state index contributed by atoms with van der Waals surface area (Å²) in [6.45, 7) is 6.48. The van der Waals surface area contributed by atoms with Gasteiger partial charge < -0.3 is 9.47 Å². The van der Waals surface area contributed by atoms with Gasteiger partial charge >= 0.3 is 0 Å². The van der Waals surface area contributed by atoms with E-state index in [0.29, 0.717) is 0 Å². The second-order valence-electron chi connectivity index (χ2n) is 11.5. The van der Waals surface area contributed by atoms with Gasteiger partial charge in [-0.25, -0.2) is 0 Å². The Labute approximate surface area is 247 Å². The topological polar surface area (TPSA) is 18.5 Å². The third kappa shape index (κ3) is 3.88. The molecule has 3 heteroatoms. The quantitative estimate of drug-likeness (QED) is 0.210. The van der Waals surface area contributed by atoms with Crippen LogP contribution in [0, 0.1) is 20.8 Å². The highest BCUT2D eigenvalue weighted by molar-refractivity contribution is 6.98. The summed E-state index contributed by atoms with van der Waals surface area (Å²) < 4.78 is 13.5. The largest absolute Gasteiger partial charge is 0.458 e. The zero-order valence-electron chi connectivity index (χ0n) is 23.9. The number of hydrogen-bond donors (Lipinski definition) is 0. The lowest BCUT2D eigenvalue weighted by atomic mass is 9.34. The van der Waals surface area contributed by atoms with E-state index in [2.05, 4.69) is 142 Å². The fraction of sp³-hybridized carbons (Fsp3) is 0.0769. The molecule has 2 nitrogen and oxygen atoms in total. The number of aryl methyl sites for hydroxylation is 3. The molecular weight excluding hydrogens is 511 g/mol. The fourth-order valence-electron chi connectivity index (χ4n) is 6.68. The summed E-state index contributed by atoms with van der Waals surface area (Å²) in [7, 11) is 0. The van der Waals surface area contributed by atoms with Crippen molar-refractivity contribution in [2.75, 3.05) is 0 Å². The van der Waals surface area contributed by atoms with E-state index < -0.39 is 0 Å². The zero-order valence-corrected chi connectivity index (χ0v) is 23.9. The fourth-order valence-corrected chi connectivity index (χ4v) is 6.68. The van der Waals surface area contributed by atoms with Gasteiger partial charge in [0.05, 0.1) is 0 Å². The maximum Gasteiger partial charge on any atom is 0.260 e. The SMILES string of the molecule is Cc1ccccc1-c1ccc2c(c1)Oc1cc(-c3ccccc3C)cc3c1B2c1cc(-c2ccccc2C)ccc1O3. The Morgan fingerprint density at radius 1 is 0.405 bits per heavy atom. The Morgan fingerprint density at radius 2 is 0.881 bits per heavy atom. The molecule has 0 spiro atoms. The molecule has 8 rings (SSSR count). The number of rotatable bonds is 3. The van der Waals surface area contributed by atoms with Crippen molar-refractivity contribution < 1.29 is 9.47 Å². The molecule has 2 aliphatic rings. The molecule has 42 heavy (non-hydrogen) atoms. The molecule has 0 saturated heterocycles. The van der Waals surface area contributed by atoms with Gasteiger partial charge in [-0.2, -0.15) is 0 Å². The summed E-state index contributed by atoms with van der Waals surface area (Å²) in [5, 5.41) is 0. The molecule has 6 aromatic rings. The zero-order chi connectivity index (χ0) is 28.4. The molecule has 0 bridgehead atoms. The molecule has 6 aromatic carbocycles. The van der Waals surface area contributed by atoms with E-state index in [1.807, 2.05) is 0 Å². The van der Waals surface area contributed by atoms with Gasteiger partial charge in [-0.1, -0.05) is 97.1 Å². The first kappa shape index (κ1) is 24.8. The first-order chi connectivity index (χ1) is 20.5. The van der Waals surface area contributed by atoms with Crippen LogP contribution in [0.15, 0.2) is 121 Å². The predicted octanol–water partition coefficient (Wildman–Crippen LogP) is 8.34. The second-order valence-corrected chi connectivity index (χ2v) is 11.5. The van der Waals surface area contributed by atoms with E-state index in [4.69, 9.17) is 9.47 Å². The Kier molecular flexibility index (Phi) is 5.62. The standard InChI is InChI=1S/C39H29BO2/c1-24-10-4-7-13-30(24)27-17-19-35-34(20-27)40-33-18-16-28(31-14-8-5-11-25(31)2)21-36(33)42-38-23-29(22-37(41-35)39(38)40)32-15-9-6-12-26(32)3/h4-23H,1-3H3. The number of ether oxygens (including phenoxy) is 2. The molecule has 0 unspecified atom stereocenters. The van der Waals surface area contributed by atoms with Crippen molar-refractivity contribution in [1.82, 2.24) is 0 Å². The van der Waals surface area contributed by atoms with Gasteiger partial charge in [-0.15, -0.1) is 0 Å². The first-order valence-electron chi connectivity index (χ1n) is 14.5. The van der Waals surface area contributed by atoms with Crippen LogP contribution in [-0.2, 0) is 0 Å². The minimum Gasteiger partial charge on any atom is -0.458 e. The van der Waals surface area contributed by atoms with E-state index in [0.717, 1.165) is 45.1 Å². The number of hydrogen-bond acceptors (Lipinski definition) is 2. The van der Waals surface area contributed by atoms with Crippen LogP contribution in [-0.4, -0.2) is 6.71 Å². The van der Waals surface area contributed by atoms with Crippen molar-refractivity contribution >= 4 is 23.1 Å². The number of benzene rings is 6. The lowest BCUT2D eigenvalue weighted by Gasteiger charge is -2.34. The summed E-state index contributed by atoms with van der Waals surface area (Å²) in [5.41, 5.74) is 14.2. The van der Waals surface area contributed by atoms with Crippen LogP contribution < -0.4 is 25.9 Å². The summed E-state index contributed by atoms with van der Waals surface area (Å²) in [4.78, 5) is 0. The summed E-state index contributed by atoms with van der Waals surface area (Å²) in [6, 6.07) is 43.3. The van der Waals surface area contributed by atoms with E-state index in [1.54, 1.807) is 0 Å². The van der Waals surface area contributed by atoms with Crippen LogP contribution in [0.1, 0.15) is 16.7 Å². The monoisotopic (exact) mass is 540 g/mol. The van der Waals surface area contributed by atoms with Crippen molar-refractivity contribution in [2.45, 2.75) is 20.8 Å². The lowest BCUT2D eigenvalue weighted by molar-refractivity contribution is 0.465. The molecule has 0 N–H and O–H groups in total. The van der Waals surface area contributed by atoms with Crippen molar-refractivity contribution in [1.29, 1.82) is 0 Å².